The standard InChI is InChI=1S/C13H21NO2S/c1-14(17-3)9-11-16-10-8-12-4-6-13(15-2)7-5-12/h4-7H,8-11H2,1-3H3. The van der Waals surface area contributed by atoms with Crippen molar-refractivity contribution in [3.8, 4) is 5.75 Å². The quantitative estimate of drug-likeness (QED) is 0.525. The van der Waals surface area contributed by atoms with Gasteiger partial charge < -0.3 is 9.47 Å². The zero-order chi connectivity index (χ0) is 12.5. The van der Waals surface area contributed by atoms with E-state index in [0.29, 0.717) is 0 Å². The lowest BCUT2D eigenvalue weighted by atomic mass is 10.1. The Morgan fingerprint density at radius 1 is 1.18 bits per heavy atom. The molecule has 4 heteroatoms. The Morgan fingerprint density at radius 3 is 2.47 bits per heavy atom. The topological polar surface area (TPSA) is 21.7 Å². The number of hydrogen-bond donors (Lipinski definition) is 0. The predicted molar refractivity (Wildman–Crippen MR) is 73.7 cm³/mol. The van der Waals surface area contributed by atoms with Gasteiger partial charge in [0.1, 0.15) is 5.75 Å². The summed E-state index contributed by atoms with van der Waals surface area (Å²) in [7, 11) is 3.75. The Bertz CT molecular complexity index is 303. The molecule has 0 aliphatic heterocycles. The first-order valence-electron chi connectivity index (χ1n) is 5.72. The molecular formula is C13H21NO2S. The number of likely N-dealkylation sites (N-methyl/N-ethyl adjacent to an activating group) is 1. The van der Waals surface area contributed by atoms with Gasteiger partial charge in [0.25, 0.3) is 0 Å². The number of methoxy groups -OCH3 is 1. The molecular weight excluding hydrogens is 234 g/mol. The van der Waals surface area contributed by atoms with Crippen molar-refractivity contribution in [2.45, 2.75) is 6.42 Å². The first kappa shape index (κ1) is 14.4. The van der Waals surface area contributed by atoms with Crippen LogP contribution in [0.2, 0.25) is 0 Å². The van der Waals surface area contributed by atoms with Gasteiger partial charge in [-0.3, -0.25) is 4.31 Å². The number of rotatable bonds is 8. The lowest BCUT2D eigenvalue weighted by Crippen LogP contribution is -2.16. The van der Waals surface area contributed by atoms with Gasteiger partial charge >= 0.3 is 0 Å². The Balaban J connectivity index is 2.13. The summed E-state index contributed by atoms with van der Waals surface area (Å²) in [4.78, 5) is 0. The Labute approximate surface area is 108 Å². The highest BCUT2D eigenvalue weighted by Crippen LogP contribution is 2.11. The lowest BCUT2D eigenvalue weighted by molar-refractivity contribution is 0.131. The molecule has 0 saturated carbocycles. The summed E-state index contributed by atoms with van der Waals surface area (Å²) in [5.74, 6) is 0.899. The van der Waals surface area contributed by atoms with E-state index in [0.717, 1.165) is 31.9 Å². The summed E-state index contributed by atoms with van der Waals surface area (Å²) >= 11 is 1.72. The second-order valence-electron chi connectivity index (χ2n) is 3.74. The third kappa shape index (κ3) is 5.96. The highest BCUT2D eigenvalue weighted by atomic mass is 32.2. The van der Waals surface area contributed by atoms with E-state index < -0.39 is 0 Å². The molecule has 0 unspecified atom stereocenters. The normalized spacial score (nSPS) is 10.8. The van der Waals surface area contributed by atoms with Crippen LogP contribution in [-0.4, -0.2) is 44.5 Å². The van der Waals surface area contributed by atoms with E-state index in [-0.39, 0.29) is 0 Å². The highest BCUT2D eigenvalue weighted by molar-refractivity contribution is 7.96. The number of benzene rings is 1. The molecule has 96 valence electrons. The molecule has 0 radical (unpaired) electrons. The van der Waals surface area contributed by atoms with Crippen LogP contribution in [0.3, 0.4) is 0 Å². The molecule has 0 aromatic heterocycles. The van der Waals surface area contributed by atoms with Crippen LogP contribution in [0.4, 0.5) is 0 Å². The van der Waals surface area contributed by atoms with Crippen molar-refractivity contribution >= 4 is 11.9 Å². The van der Waals surface area contributed by atoms with Crippen LogP contribution in [0.5, 0.6) is 5.75 Å². The van der Waals surface area contributed by atoms with Crippen LogP contribution in [0.25, 0.3) is 0 Å². The zero-order valence-electron chi connectivity index (χ0n) is 10.8. The molecule has 0 aliphatic rings. The van der Waals surface area contributed by atoms with E-state index in [4.69, 9.17) is 9.47 Å². The van der Waals surface area contributed by atoms with Crippen LogP contribution in [-0.2, 0) is 11.2 Å². The van der Waals surface area contributed by atoms with Crippen LogP contribution in [0.15, 0.2) is 24.3 Å². The summed E-state index contributed by atoms with van der Waals surface area (Å²) in [6.45, 7) is 2.52. The first-order valence-corrected chi connectivity index (χ1v) is 6.90. The smallest absolute Gasteiger partial charge is 0.118 e. The van der Waals surface area contributed by atoms with E-state index in [1.165, 1.54) is 5.56 Å². The van der Waals surface area contributed by atoms with Crippen molar-refractivity contribution in [3.05, 3.63) is 29.8 Å². The predicted octanol–water partition coefficient (Wildman–Crippen LogP) is 2.46. The van der Waals surface area contributed by atoms with Gasteiger partial charge in [-0.2, -0.15) is 0 Å². The van der Waals surface area contributed by atoms with Gasteiger partial charge in [0.15, 0.2) is 0 Å². The fourth-order valence-corrected chi connectivity index (χ4v) is 1.63. The van der Waals surface area contributed by atoms with Gasteiger partial charge in [-0.25, -0.2) is 0 Å². The molecule has 3 nitrogen and oxygen atoms in total. The molecule has 0 saturated heterocycles. The molecule has 1 rings (SSSR count). The second kappa shape index (κ2) is 8.39. The summed E-state index contributed by atoms with van der Waals surface area (Å²) in [6.07, 6.45) is 3.02. The Morgan fingerprint density at radius 2 is 1.88 bits per heavy atom. The Hall–Kier alpha value is -0.710. The minimum Gasteiger partial charge on any atom is -0.497 e. The average Bonchev–Trinajstić information content (AvgIpc) is 2.38. The third-order valence-electron chi connectivity index (χ3n) is 2.56. The van der Waals surface area contributed by atoms with Crippen molar-refractivity contribution in [1.29, 1.82) is 0 Å². The van der Waals surface area contributed by atoms with E-state index >= 15 is 0 Å². The minimum atomic E-state index is 0.772. The minimum absolute atomic E-state index is 0.772. The maximum atomic E-state index is 5.58. The average molecular weight is 255 g/mol. The maximum absolute atomic E-state index is 5.58. The molecule has 1 aromatic rings. The molecule has 0 spiro atoms. The van der Waals surface area contributed by atoms with Crippen molar-refractivity contribution in [2.75, 3.05) is 40.2 Å². The molecule has 0 aliphatic carbocycles. The largest absolute Gasteiger partial charge is 0.497 e. The van der Waals surface area contributed by atoms with Gasteiger partial charge in [-0.05, 0) is 37.4 Å². The van der Waals surface area contributed by atoms with E-state index in [9.17, 15) is 0 Å². The number of ether oxygens (including phenoxy) is 2. The van der Waals surface area contributed by atoms with E-state index in [2.05, 4.69) is 29.7 Å². The lowest BCUT2D eigenvalue weighted by Gasteiger charge is -2.12. The monoisotopic (exact) mass is 255 g/mol. The summed E-state index contributed by atoms with van der Waals surface area (Å²) in [5, 5.41) is 0. The summed E-state index contributed by atoms with van der Waals surface area (Å²) in [6, 6.07) is 8.13. The molecule has 0 N–H and O–H groups in total. The van der Waals surface area contributed by atoms with Gasteiger partial charge in [-0.15, -0.1) is 0 Å². The number of nitrogens with zero attached hydrogens (tertiary/aromatic N) is 1. The van der Waals surface area contributed by atoms with E-state index in [1.54, 1.807) is 19.1 Å². The SMILES string of the molecule is COc1ccc(CCOCCN(C)SC)cc1. The number of hydrogen-bond acceptors (Lipinski definition) is 4. The van der Waals surface area contributed by atoms with Gasteiger partial charge in [-0.1, -0.05) is 24.1 Å². The fraction of sp³-hybridized carbons (Fsp3) is 0.538. The maximum Gasteiger partial charge on any atom is 0.118 e. The third-order valence-corrected chi connectivity index (χ3v) is 3.36. The Kier molecular flexibility index (Phi) is 7.08. The van der Waals surface area contributed by atoms with Crippen molar-refractivity contribution in [1.82, 2.24) is 4.31 Å². The molecule has 0 atom stereocenters. The molecule has 1 aromatic carbocycles. The van der Waals surface area contributed by atoms with E-state index in [1.807, 2.05) is 12.1 Å². The first-order chi connectivity index (χ1) is 8.26. The summed E-state index contributed by atoms with van der Waals surface area (Å²) in [5.41, 5.74) is 1.28. The highest BCUT2D eigenvalue weighted by Gasteiger charge is 1.97. The molecule has 0 heterocycles. The summed E-state index contributed by atoms with van der Waals surface area (Å²) < 4.78 is 12.9. The second-order valence-corrected chi connectivity index (χ2v) is 4.73. The van der Waals surface area contributed by atoms with Crippen LogP contribution >= 0.6 is 11.9 Å². The van der Waals surface area contributed by atoms with Gasteiger partial charge in [0, 0.05) is 6.54 Å². The van der Waals surface area contributed by atoms with Crippen molar-refractivity contribution in [2.24, 2.45) is 0 Å². The van der Waals surface area contributed by atoms with Crippen molar-refractivity contribution in [3.63, 3.8) is 0 Å². The molecule has 0 amide bonds. The molecule has 0 fully saturated rings. The fourth-order valence-electron chi connectivity index (χ4n) is 1.37. The molecule has 17 heavy (non-hydrogen) atoms. The molecule has 0 bridgehead atoms. The van der Waals surface area contributed by atoms with Crippen LogP contribution < -0.4 is 4.74 Å². The van der Waals surface area contributed by atoms with Gasteiger partial charge in [0.05, 0.1) is 20.3 Å². The van der Waals surface area contributed by atoms with Gasteiger partial charge in [0.2, 0.25) is 0 Å². The van der Waals surface area contributed by atoms with Crippen LogP contribution in [0.1, 0.15) is 5.56 Å². The van der Waals surface area contributed by atoms with Crippen LogP contribution in [0, 0.1) is 0 Å². The van der Waals surface area contributed by atoms with Crippen molar-refractivity contribution < 1.29 is 9.47 Å². The zero-order valence-corrected chi connectivity index (χ0v) is 11.6.